The van der Waals surface area contributed by atoms with E-state index in [1.54, 1.807) is 24.8 Å². The maximum atomic E-state index is 5.17. The van der Waals surface area contributed by atoms with Crippen LogP contribution in [0, 0.1) is 0 Å². The quantitative estimate of drug-likeness (QED) is 0.169. The summed E-state index contributed by atoms with van der Waals surface area (Å²) in [6.07, 6.45) is 16.1. The van der Waals surface area contributed by atoms with Gasteiger partial charge in [0.15, 0.2) is 17.5 Å². The van der Waals surface area contributed by atoms with Gasteiger partial charge in [0.25, 0.3) is 0 Å². The molecular formula is C52H38N6. The molecule has 0 atom stereocenters. The number of benzene rings is 5. The van der Waals surface area contributed by atoms with Crippen molar-refractivity contribution in [1.82, 2.24) is 29.5 Å². The Bertz CT molecular complexity index is 3070. The van der Waals surface area contributed by atoms with Crippen LogP contribution in [-0.4, -0.2) is 29.5 Å². The first kappa shape index (κ1) is 34.0. The zero-order valence-corrected chi connectivity index (χ0v) is 32.3. The van der Waals surface area contributed by atoms with Gasteiger partial charge in [-0.3, -0.25) is 9.97 Å². The predicted octanol–water partition coefficient (Wildman–Crippen LogP) is 12.5. The second kappa shape index (κ2) is 13.4. The molecule has 0 N–H and O–H groups in total. The standard InChI is InChI=1S/C52H38N6/c1-52(2)43-23-11-9-22-40(43)46-44(52)26-25-39-38-21-10-12-24-45(38)58(48(39)46)47-41(33-15-5-3-6-16-33)29-37(30-42(47)34-17-7-4-8-18-34)51-56-49(35-19-13-27-53-31-35)55-50(57-51)36-20-14-28-54-32-36/h3,5-7,9-32H,4,8H2,1-2H3. The van der Waals surface area contributed by atoms with Gasteiger partial charge in [-0.25, -0.2) is 15.0 Å². The number of rotatable bonds is 6. The van der Waals surface area contributed by atoms with Gasteiger partial charge < -0.3 is 4.57 Å². The van der Waals surface area contributed by atoms with Crippen molar-refractivity contribution in [2.75, 3.05) is 0 Å². The highest BCUT2D eigenvalue weighted by Crippen LogP contribution is 2.54. The molecule has 276 valence electrons. The maximum absolute atomic E-state index is 5.17. The molecular weight excluding hydrogens is 709 g/mol. The zero-order valence-electron chi connectivity index (χ0n) is 32.3. The van der Waals surface area contributed by atoms with E-state index in [4.69, 9.17) is 15.0 Å². The van der Waals surface area contributed by atoms with E-state index in [1.165, 1.54) is 44.1 Å². The molecule has 0 radical (unpaired) electrons. The van der Waals surface area contributed by atoms with Crippen LogP contribution in [0.25, 0.3) is 89.5 Å². The Morgan fingerprint density at radius 1 is 0.534 bits per heavy atom. The van der Waals surface area contributed by atoms with E-state index in [0.717, 1.165) is 57.4 Å². The lowest BCUT2D eigenvalue weighted by Gasteiger charge is -2.23. The highest BCUT2D eigenvalue weighted by Gasteiger charge is 2.38. The largest absolute Gasteiger partial charge is 0.307 e. The first-order chi connectivity index (χ1) is 28.5. The fourth-order valence-electron chi connectivity index (χ4n) is 9.10. The first-order valence-electron chi connectivity index (χ1n) is 19.9. The van der Waals surface area contributed by atoms with Crippen LogP contribution < -0.4 is 0 Å². The van der Waals surface area contributed by atoms with E-state index in [0.29, 0.717) is 17.5 Å². The molecule has 6 nitrogen and oxygen atoms in total. The summed E-state index contributed by atoms with van der Waals surface area (Å²) < 4.78 is 2.56. The fourth-order valence-corrected chi connectivity index (χ4v) is 9.10. The van der Waals surface area contributed by atoms with Crippen LogP contribution in [-0.2, 0) is 5.41 Å². The van der Waals surface area contributed by atoms with E-state index in [9.17, 15) is 0 Å². The van der Waals surface area contributed by atoms with E-state index in [1.807, 2.05) is 24.3 Å². The molecule has 0 aliphatic heterocycles. The zero-order chi connectivity index (χ0) is 38.8. The molecule has 0 spiro atoms. The molecule has 2 aliphatic rings. The molecule has 4 heterocycles. The number of hydrogen-bond acceptors (Lipinski definition) is 5. The lowest BCUT2D eigenvalue weighted by Crippen LogP contribution is -2.14. The molecule has 0 amide bonds. The van der Waals surface area contributed by atoms with Crippen LogP contribution in [0.2, 0.25) is 0 Å². The smallest absolute Gasteiger partial charge is 0.165 e. The number of fused-ring (bicyclic) bond motifs is 7. The molecule has 6 heteroatoms. The molecule has 0 fully saturated rings. The molecule has 2 aliphatic carbocycles. The van der Waals surface area contributed by atoms with Crippen molar-refractivity contribution in [3.8, 4) is 62.1 Å². The van der Waals surface area contributed by atoms with Gasteiger partial charge in [0.1, 0.15) is 0 Å². The van der Waals surface area contributed by atoms with Gasteiger partial charge in [-0.2, -0.15) is 0 Å². The van der Waals surface area contributed by atoms with Crippen molar-refractivity contribution in [2.24, 2.45) is 0 Å². The van der Waals surface area contributed by atoms with Gasteiger partial charge in [-0.1, -0.05) is 117 Å². The molecule has 0 unspecified atom stereocenters. The first-order valence-corrected chi connectivity index (χ1v) is 19.9. The summed E-state index contributed by atoms with van der Waals surface area (Å²) in [4.78, 5) is 24.1. The fraction of sp³-hybridized carbons (Fsp3) is 0.0962. The van der Waals surface area contributed by atoms with E-state index in [2.05, 4.69) is 150 Å². The molecule has 5 aromatic carbocycles. The van der Waals surface area contributed by atoms with Crippen LogP contribution >= 0.6 is 0 Å². The van der Waals surface area contributed by atoms with Gasteiger partial charge >= 0.3 is 0 Å². The second-order valence-corrected chi connectivity index (χ2v) is 15.6. The van der Waals surface area contributed by atoms with Crippen LogP contribution in [0.5, 0.6) is 0 Å². The lowest BCUT2D eigenvalue weighted by atomic mass is 9.82. The van der Waals surface area contributed by atoms with Crippen molar-refractivity contribution in [1.29, 1.82) is 0 Å². The molecule has 58 heavy (non-hydrogen) atoms. The van der Waals surface area contributed by atoms with Crippen LogP contribution in [0.4, 0.5) is 0 Å². The molecule has 9 aromatic rings. The summed E-state index contributed by atoms with van der Waals surface area (Å²) >= 11 is 0. The van der Waals surface area contributed by atoms with Gasteiger partial charge in [0, 0.05) is 74.4 Å². The SMILES string of the molecule is CC1(C)c2ccccc2-c2c1ccc1c3ccccc3n(-c3c(C4=CCCC=C4)cc(-c4nc(-c5cccnc5)nc(-c5cccnc5)n4)cc3-c3ccccc3)c21. The van der Waals surface area contributed by atoms with Crippen molar-refractivity contribution in [2.45, 2.75) is 32.1 Å². The molecule has 0 bridgehead atoms. The Morgan fingerprint density at radius 2 is 1.19 bits per heavy atom. The maximum Gasteiger partial charge on any atom is 0.165 e. The summed E-state index contributed by atoms with van der Waals surface area (Å²) in [6.45, 7) is 4.72. The number of nitrogens with zero attached hydrogens (tertiary/aromatic N) is 6. The Kier molecular flexibility index (Phi) is 7.86. The van der Waals surface area contributed by atoms with Crippen LogP contribution in [0.15, 0.2) is 170 Å². The Balaban J connectivity index is 1.28. The summed E-state index contributed by atoms with van der Waals surface area (Å²) in [7, 11) is 0. The summed E-state index contributed by atoms with van der Waals surface area (Å²) in [6, 6.07) is 45.7. The summed E-state index contributed by atoms with van der Waals surface area (Å²) in [5.41, 5.74) is 15.7. The number of pyridine rings is 2. The predicted molar refractivity (Wildman–Crippen MR) is 235 cm³/mol. The normalized spacial score (nSPS) is 14.1. The van der Waals surface area contributed by atoms with Crippen molar-refractivity contribution < 1.29 is 0 Å². The minimum Gasteiger partial charge on any atom is -0.307 e. The van der Waals surface area contributed by atoms with Crippen LogP contribution in [0.3, 0.4) is 0 Å². The number of hydrogen-bond donors (Lipinski definition) is 0. The highest BCUT2D eigenvalue weighted by atomic mass is 15.0. The van der Waals surface area contributed by atoms with Gasteiger partial charge in [0.2, 0.25) is 0 Å². The Hall–Kier alpha value is -7.31. The minimum atomic E-state index is -0.151. The van der Waals surface area contributed by atoms with Crippen molar-refractivity contribution in [3.63, 3.8) is 0 Å². The number of allylic oxidation sites excluding steroid dienone is 4. The Labute approximate surface area is 337 Å². The van der Waals surface area contributed by atoms with Gasteiger partial charge in [0.05, 0.1) is 16.7 Å². The van der Waals surface area contributed by atoms with E-state index >= 15 is 0 Å². The van der Waals surface area contributed by atoms with Gasteiger partial charge in [-0.15, -0.1) is 0 Å². The third-order valence-electron chi connectivity index (χ3n) is 11.8. The molecule has 11 rings (SSSR count). The highest BCUT2D eigenvalue weighted by molar-refractivity contribution is 6.16. The van der Waals surface area contributed by atoms with Crippen molar-refractivity contribution in [3.05, 3.63) is 187 Å². The second-order valence-electron chi connectivity index (χ2n) is 15.6. The van der Waals surface area contributed by atoms with E-state index < -0.39 is 0 Å². The Morgan fingerprint density at radius 3 is 1.90 bits per heavy atom. The molecule has 0 saturated heterocycles. The van der Waals surface area contributed by atoms with E-state index in [-0.39, 0.29) is 5.41 Å². The molecule has 0 saturated carbocycles. The lowest BCUT2D eigenvalue weighted by molar-refractivity contribution is 0.661. The monoisotopic (exact) mass is 746 g/mol. The third kappa shape index (κ3) is 5.36. The number of aromatic nitrogens is 6. The number of para-hydroxylation sites is 1. The molecule has 4 aromatic heterocycles. The van der Waals surface area contributed by atoms with Crippen molar-refractivity contribution >= 4 is 27.4 Å². The third-order valence-corrected chi connectivity index (χ3v) is 11.8. The average Bonchev–Trinajstić information content (AvgIpc) is 3.75. The summed E-state index contributed by atoms with van der Waals surface area (Å²) in [5, 5.41) is 2.47. The topological polar surface area (TPSA) is 69.4 Å². The van der Waals surface area contributed by atoms with Crippen LogP contribution in [0.1, 0.15) is 43.4 Å². The average molecular weight is 747 g/mol. The minimum absolute atomic E-state index is 0.151. The van der Waals surface area contributed by atoms with Gasteiger partial charge in [-0.05, 0) is 83.1 Å². The summed E-state index contributed by atoms with van der Waals surface area (Å²) in [5.74, 6) is 1.69.